The van der Waals surface area contributed by atoms with Crippen molar-refractivity contribution in [3.05, 3.63) is 47.8 Å². The Morgan fingerprint density at radius 3 is 2.60 bits per heavy atom. The highest BCUT2D eigenvalue weighted by molar-refractivity contribution is 5.93. The van der Waals surface area contributed by atoms with Gasteiger partial charge in [0, 0.05) is 11.9 Å². The number of rotatable bonds is 4. The van der Waals surface area contributed by atoms with Crippen LogP contribution >= 0.6 is 0 Å². The van der Waals surface area contributed by atoms with Crippen molar-refractivity contribution in [3.63, 3.8) is 0 Å². The van der Waals surface area contributed by atoms with E-state index in [1.54, 1.807) is 24.3 Å². The third-order valence-corrected chi connectivity index (χ3v) is 2.52. The lowest BCUT2D eigenvalue weighted by molar-refractivity contribution is -0.116. The summed E-state index contributed by atoms with van der Waals surface area (Å²) in [7, 11) is 0. The number of amides is 2. The molecule has 0 atom stereocenters. The highest BCUT2D eigenvalue weighted by atomic mass is 16.2. The molecule has 3 N–H and O–H groups in total. The molecule has 2 rings (SSSR count). The molecule has 0 spiro atoms. The van der Waals surface area contributed by atoms with Crippen LogP contribution in [0.1, 0.15) is 15.9 Å². The second-order valence-corrected chi connectivity index (χ2v) is 4.03. The van der Waals surface area contributed by atoms with E-state index in [-0.39, 0.29) is 18.0 Å². The van der Waals surface area contributed by atoms with Crippen molar-refractivity contribution < 1.29 is 9.59 Å². The Labute approximate surface area is 114 Å². The molecule has 0 aliphatic rings. The van der Waals surface area contributed by atoms with Crippen LogP contribution in [0.4, 0.5) is 5.69 Å². The minimum Gasteiger partial charge on any atom is -0.366 e. The third kappa shape index (κ3) is 3.20. The van der Waals surface area contributed by atoms with Gasteiger partial charge in [0.1, 0.15) is 6.54 Å². The van der Waals surface area contributed by atoms with Gasteiger partial charge in [-0.1, -0.05) is 0 Å². The molecule has 0 saturated carbocycles. The number of nitrogens with one attached hydrogen (secondary N) is 1. The van der Waals surface area contributed by atoms with Crippen LogP contribution in [0.3, 0.4) is 0 Å². The molecule has 7 heteroatoms. The van der Waals surface area contributed by atoms with E-state index in [1.165, 1.54) is 17.1 Å². The fraction of sp³-hybridized carbons (Fsp3) is 0.0769. The Bertz CT molecular complexity index is 682. The third-order valence-electron chi connectivity index (χ3n) is 2.52. The van der Waals surface area contributed by atoms with Crippen molar-refractivity contribution in [1.82, 2.24) is 9.78 Å². The molecule has 100 valence electrons. The Kier molecular flexibility index (Phi) is 3.77. The second-order valence-electron chi connectivity index (χ2n) is 4.03. The molecule has 0 radical (unpaired) electrons. The van der Waals surface area contributed by atoms with Crippen molar-refractivity contribution in [2.45, 2.75) is 6.54 Å². The maximum atomic E-state index is 11.8. The van der Waals surface area contributed by atoms with E-state index in [4.69, 9.17) is 11.0 Å². The van der Waals surface area contributed by atoms with Gasteiger partial charge in [-0.15, -0.1) is 0 Å². The van der Waals surface area contributed by atoms with Crippen LogP contribution < -0.4 is 11.1 Å². The van der Waals surface area contributed by atoms with Crippen LogP contribution in [0.25, 0.3) is 0 Å². The Morgan fingerprint density at radius 1 is 1.35 bits per heavy atom. The van der Waals surface area contributed by atoms with Gasteiger partial charge < -0.3 is 11.1 Å². The molecule has 0 bridgehead atoms. The molecule has 7 nitrogen and oxygen atoms in total. The van der Waals surface area contributed by atoms with Crippen molar-refractivity contribution in [2.24, 2.45) is 5.73 Å². The van der Waals surface area contributed by atoms with E-state index in [1.807, 2.05) is 6.07 Å². The van der Waals surface area contributed by atoms with E-state index < -0.39 is 5.91 Å². The van der Waals surface area contributed by atoms with E-state index in [0.29, 0.717) is 11.3 Å². The maximum Gasteiger partial charge on any atom is 0.251 e. The maximum absolute atomic E-state index is 11.8. The molecule has 2 amide bonds. The predicted octanol–water partition coefficient (Wildman–Crippen LogP) is 0.492. The van der Waals surface area contributed by atoms with E-state index in [0.717, 1.165) is 0 Å². The van der Waals surface area contributed by atoms with Gasteiger partial charge in [0.2, 0.25) is 5.91 Å². The fourth-order valence-electron chi connectivity index (χ4n) is 1.55. The number of nitriles is 1. The van der Waals surface area contributed by atoms with Gasteiger partial charge in [0.25, 0.3) is 5.91 Å². The highest BCUT2D eigenvalue weighted by Crippen LogP contribution is 2.08. The summed E-state index contributed by atoms with van der Waals surface area (Å²) in [4.78, 5) is 22.7. The predicted molar refractivity (Wildman–Crippen MR) is 70.5 cm³/mol. The fourth-order valence-corrected chi connectivity index (χ4v) is 1.55. The average molecular weight is 269 g/mol. The molecular weight excluding hydrogens is 258 g/mol. The Balaban J connectivity index is 1.97. The zero-order valence-electron chi connectivity index (χ0n) is 10.4. The van der Waals surface area contributed by atoms with Crippen molar-refractivity contribution in [3.8, 4) is 6.07 Å². The average Bonchev–Trinajstić information content (AvgIpc) is 2.88. The summed E-state index contributed by atoms with van der Waals surface area (Å²) < 4.78 is 1.32. The number of benzene rings is 1. The highest BCUT2D eigenvalue weighted by Gasteiger charge is 2.08. The van der Waals surface area contributed by atoms with Crippen LogP contribution in [0, 0.1) is 11.3 Å². The van der Waals surface area contributed by atoms with Crippen molar-refractivity contribution >= 4 is 17.5 Å². The monoisotopic (exact) mass is 269 g/mol. The topological polar surface area (TPSA) is 114 Å². The first kappa shape index (κ1) is 13.3. The first-order chi connectivity index (χ1) is 9.58. The summed E-state index contributed by atoms with van der Waals surface area (Å²) >= 11 is 0. The molecule has 0 aliphatic heterocycles. The zero-order chi connectivity index (χ0) is 14.5. The SMILES string of the molecule is N#Cc1ccc(NC(=O)Cn2cc(C(N)=O)cn2)cc1. The number of carbonyl (C=O) groups excluding carboxylic acids is 2. The van der Waals surface area contributed by atoms with E-state index in [9.17, 15) is 9.59 Å². The number of primary amides is 1. The molecule has 0 fully saturated rings. The minimum absolute atomic E-state index is 0.0344. The zero-order valence-corrected chi connectivity index (χ0v) is 10.4. The molecule has 2 aromatic rings. The quantitative estimate of drug-likeness (QED) is 0.840. The lowest BCUT2D eigenvalue weighted by Crippen LogP contribution is -2.19. The van der Waals surface area contributed by atoms with Gasteiger partial charge in [-0.2, -0.15) is 10.4 Å². The number of aromatic nitrogens is 2. The number of nitrogens with two attached hydrogens (primary N) is 1. The molecule has 0 aliphatic carbocycles. The van der Waals surface area contributed by atoms with Crippen molar-refractivity contribution in [1.29, 1.82) is 5.26 Å². The summed E-state index contributed by atoms with van der Waals surface area (Å²) in [5.41, 5.74) is 6.43. The van der Waals surface area contributed by atoms with Crippen LogP contribution in [-0.4, -0.2) is 21.6 Å². The molecule has 1 aromatic heterocycles. The number of hydrogen-bond donors (Lipinski definition) is 2. The Hall–Kier alpha value is -3.14. The first-order valence-electron chi connectivity index (χ1n) is 5.71. The molecule has 0 saturated heterocycles. The lowest BCUT2D eigenvalue weighted by atomic mass is 10.2. The van der Waals surface area contributed by atoms with Crippen LogP contribution in [0.2, 0.25) is 0 Å². The van der Waals surface area contributed by atoms with Crippen molar-refractivity contribution in [2.75, 3.05) is 5.32 Å². The molecule has 1 aromatic carbocycles. The summed E-state index contributed by atoms with van der Waals surface area (Å²) in [6, 6.07) is 8.47. The standard InChI is InChI=1S/C13H11N5O2/c14-5-9-1-3-11(4-2-9)17-12(19)8-18-7-10(6-16-18)13(15)20/h1-4,6-7H,8H2,(H2,15,20)(H,17,19). The van der Waals surface area contributed by atoms with Gasteiger partial charge in [-0.05, 0) is 24.3 Å². The molecule has 20 heavy (non-hydrogen) atoms. The summed E-state index contributed by atoms with van der Waals surface area (Å²) in [5.74, 6) is -0.891. The van der Waals surface area contributed by atoms with Gasteiger partial charge in [-0.25, -0.2) is 0 Å². The number of anilines is 1. The second kappa shape index (κ2) is 5.67. The number of hydrogen-bond acceptors (Lipinski definition) is 4. The summed E-state index contributed by atoms with van der Waals surface area (Å²) in [5, 5.41) is 15.2. The lowest BCUT2D eigenvalue weighted by Gasteiger charge is -2.05. The van der Waals surface area contributed by atoms with Crippen LogP contribution in [-0.2, 0) is 11.3 Å². The number of nitrogens with zero attached hydrogens (tertiary/aromatic N) is 3. The summed E-state index contributed by atoms with van der Waals surface area (Å²) in [6.07, 6.45) is 2.71. The Morgan fingerprint density at radius 2 is 2.05 bits per heavy atom. The van der Waals surface area contributed by atoms with Gasteiger partial charge in [-0.3, -0.25) is 14.3 Å². The summed E-state index contributed by atoms with van der Waals surface area (Å²) in [6.45, 7) is -0.0344. The molecule has 1 heterocycles. The molecule has 0 unspecified atom stereocenters. The normalized spacial score (nSPS) is 9.75. The van der Waals surface area contributed by atoms with Crippen LogP contribution in [0.15, 0.2) is 36.7 Å². The van der Waals surface area contributed by atoms with Gasteiger partial charge in [0.05, 0.1) is 23.4 Å². The van der Waals surface area contributed by atoms with Gasteiger partial charge >= 0.3 is 0 Å². The van der Waals surface area contributed by atoms with Gasteiger partial charge in [0.15, 0.2) is 0 Å². The van der Waals surface area contributed by atoms with E-state index in [2.05, 4.69) is 10.4 Å². The minimum atomic E-state index is -0.594. The largest absolute Gasteiger partial charge is 0.366 e. The van der Waals surface area contributed by atoms with Crippen LogP contribution in [0.5, 0.6) is 0 Å². The van der Waals surface area contributed by atoms with E-state index >= 15 is 0 Å². The molecular formula is C13H11N5O2. The first-order valence-corrected chi connectivity index (χ1v) is 5.71. The smallest absolute Gasteiger partial charge is 0.251 e. The number of carbonyl (C=O) groups is 2.